The molecule has 0 bridgehead atoms. The maximum Gasteiger partial charge on any atom is 0.434 e. The number of anilines is 2. The van der Waals surface area contributed by atoms with Crippen LogP contribution in [-0.2, 0) is 21.0 Å². The standard InChI is InChI=1S/C22H26F4N4O3S/c1-4-5-11-27-18-10-12-28-21(22(24,25)26)16(18)7-9-20(31)29-14(2)15-6-8-19(17(23)13-15)30-34(3,32)33/h6-10,12-14,30H,4-5,11H2,1-3H3,(H,27,28)(H,29,31)/b9-7+/t14-/m1/s1. The lowest BCUT2D eigenvalue weighted by molar-refractivity contribution is -0.141. The quantitative estimate of drug-likeness (QED) is 0.248. The van der Waals surface area contributed by atoms with Gasteiger partial charge in [-0.25, -0.2) is 12.8 Å². The van der Waals surface area contributed by atoms with Crippen molar-refractivity contribution in [2.24, 2.45) is 0 Å². The molecule has 0 fully saturated rings. The number of alkyl halides is 3. The highest BCUT2D eigenvalue weighted by molar-refractivity contribution is 7.92. The van der Waals surface area contributed by atoms with Gasteiger partial charge in [-0.1, -0.05) is 19.4 Å². The summed E-state index contributed by atoms with van der Waals surface area (Å²) in [5.74, 6) is -1.55. The van der Waals surface area contributed by atoms with Crippen molar-refractivity contribution in [3.05, 3.63) is 59.2 Å². The van der Waals surface area contributed by atoms with Crippen molar-refractivity contribution in [2.45, 2.75) is 38.9 Å². The Morgan fingerprint density at radius 2 is 1.91 bits per heavy atom. The molecule has 7 nitrogen and oxygen atoms in total. The normalized spacial score (nSPS) is 13.0. The Balaban J connectivity index is 2.20. The van der Waals surface area contributed by atoms with Crippen LogP contribution < -0.4 is 15.4 Å². The first-order valence-corrected chi connectivity index (χ1v) is 12.3. The zero-order valence-electron chi connectivity index (χ0n) is 18.8. The molecule has 1 aromatic carbocycles. The van der Waals surface area contributed by atoms with Gasteiger partial charge in [-0.15, -0.1) is 0 Å². The van der Waals surface area contributed by atoms with Crippen LogP contribution in [0, 0.1) is 5.82 Å². The molecule has 0 aliphatic rings. The first-order valence-electron chi connectivity index (χ1n) is 10.4. The number of nitrogens with zero attached hydrogens (tertiary/aromatic N) is 1. The highest BCUT2D eigenvalue weighted by Gasteiger charge is 2.35. The van der Waals surface area contributed by atoms with Crippen LogP contribution >= 0.6 is 0 Å². The first-order chi connectivity index (χ1) is 15.8. The van der Waals surface area contributed by atoms with E-state index >= 15 is 0 Å². The third-order valence-corrected chi connectivity index (χ3v) is 5.24. The van der Waals surface area contributed by atoms with E-state index in [-0.39, 0.29) is 16.9 Å². The monoisotopic (exact) mass is 502 g/mol. The van der Waals surface area contributed by atoms with Crippen LogP contribution in [0.25, 0.3) is 6.08 Å². The third-order valence-electron chi connectivity index (χ3n) is 4.65. The summed E-state index contributed by atoms with van der Waals surface area (Å²) in [6, 6.07) is 4.38. The molecule has 0 saturated carbocycles. The van der Waals surface area contributed by atoms with E-state index in [1.165, 1.54) is 18.2 Å². The maximum atomic E-state index is 14.2. The topological polar surface area (TPSA) is 100 Å². The van der Waals surface area contributed by atoms with Crippen molar-refractivity contribution in [2.75, 3.05) is 22.8 Å². The number of rotatable bonds is 10. The lowest BCUT2D eigenvalue weighted by atomic mass is 10.1. The Hall–Kier alpha value is -3.15. The Kier molecular flexibility index (Phi) is 9.02. The van der Waals surface area contributed by atoms with Crippen molar-refractivity contribution >= 4 is 33.4 Å². The Morgan fingerprint density at radius 1 is 1.21 bits per heavy atom. The molecule has 1 aromatic heterocycles. The van der Waals surface area contributed by atoms with Gasteiger partial charge in [0.05, 0.1) is 18.0 Å². The number of amides is 1. The number of unbranched alkanes of at least 4 members (excludes halogenated alkanes) is 1. The van der Waals surface area contributed by atoms with Gasteiger partial charge >= 0.3 is 6.18 Å². The minimum absolute atomic E-state index is 0.198. The summed E-state index contributed by atoms with van der Waals surface area (Å²) in [6.45, 7) is 3.95. The first kappa shape index (κ1) is 27.1. The number of aromatic nitrogens is 1. The SMILES string of the molecule is CCCCNc1ccnc(C(F)(F)F)c1/C=C/C(=O)N[C@H](C)c1ccc(NS(C)(=O)=O)c(F)c1. The van der Waals surface area contributed by atoms with E-state index in [9.17, 15) is 30.8 Å². The molecule has 34 heavy (non-hydrogen) atoms. The Labute approximate surface area is 195 Å². The Bertz CT molecular complexity index is 1150. The summed E-state index contributed by atoms with van der Waals surface area (Å²) < 4.78 is 79.1. The second-order valence-electron chi connectivity index (χ2n) is 7.58. The number of hydrogen-bond donors (Lipinski definition) is 3. The van der Waals surface area contributed by atoms with Crippen LogP contribution in [0.1, 0.15) is 49.6 Å². The van der Waals surface area contributed by atoms with Gasteiger partial charge < -0.3 is 10.6 Å². The highest BCUT2D eigenvalue weighted by atomic mass is 32.2. The van der Waals surface area contributed by atoms with E-state index in [1.54, 1.807) is 6.92 Å². The second kappa shape index (κ2) is 11.3. The van der Waals surface area contributed by atoms with Gasteiger partial charge in [-0.3, -0.25) is 14.5 Å². The third kappa shape index (κ3) is 8.01. The van der Waals surface area contributed by atoms with Gasteiger partial charge in [-0.2, -0.15) is 13.2 Å². The summed E-state index contributed by atoms with van der Waals surface area (Å²) in [5.41, 5.74) is -1.11. The summed E-state index contributed by atoms with van der Waals surface area (Å²) in [6.07, 6.45) is 0.794. The average molecular weight is 503 g/mol. The molecule has 1 atom stereocenters. The molecule has 12 heteroatoms. The van der Waals surface area contributed by atoms with Crippen LogP contribution in [0.5, 0.6) is 0 Å². The summed E-state index contributed by atoms with van der Waals surface area (Å²) in [7, 11) is -3.67. The highest BCUT2D eigenvalue weighted by Crippen LogP contribution is 2.34. The van der Waals surface area contributed by atoms with Crippen molar-refractivity contribution < 1.29 is 30.8 Å². The maximum absolute atomic E-state index is 14.2. The van der Waals surface area contributed by atoms with Crippen LogP contribution in [0.4, 0.5) is 28.9 Å². The molecule has 3 N–H and O–H groups in total. The lowest BCUT2D eigenvalue weighted by Gasteiger charge is -2.16. The molecule has 0 saturated heterocycles. The molecular formula is C22H26F4N4O3S. The van der Waals surface area contributed by atoms with Crippen molar-refractivity contribution in [3.63, 3.8) is 0 Å². The minimum Gasteiger partial charge on any atom is -0.384 e. The molecule has 1 heterocycles. The molecule has 2 rings (SSSR count). The summed E-state index contributed by atoms with van der Waals surface area (Å²) >= 11 is 0. The molecule has 0 unspecified atom stereocenters. The molecule has 186 valence electrons. The van der Waals surface area contributed by atoms with Crippen LogP contribution in [0.2, 0.25) is 0 Å². The number of benzene rings is 1. The molecule has 2 aromatic rings. The fourth-order valence-corrected chi connectivity index (χ4v) is 3.57. The van der Waals surface area contributed by atoms with Crippen molar-refractivity contribution in [1.29, 1.82) is 0 Å². The molecule has 0 spiro atoms. The van der Waals surface area contributed by atoms with Gasteiger partial charge in [0.1, 0.15) is 5.82 Å². The van der Waals surface area contributed by atoms with Gasteiger partial charge in [0.15, 0.2) is 5.69 Å². The lowest BCUT2D eigenvalue weighted by Crippen LogP contribution is -2.25. The molecule has 0 aliphatic carbocycles. The predicted octanol–water partition coefficient (Wildman–Crippen LogP) is 4.71. The number of halogens is 4. The van der Waals surface area contributed by atoms with E-state index in [0.29, 0.717) is 12.1 Å². The summed E-state index contributed by atoms with van der Waals surface area (Å²) in [5, 5.41) is 5.47. The van der Waals surface area contributed by atoms with Gasteiger partial charge in [0.25, 0.3) is 0 Å². The number of carbonyl (C=O) groups is 1. The van der Waals surface area contributed by atoms with Crippen LogP contribution in [-0.4, -0.2) is 32.1 Å². The number of carbonyl (C=O) groups excluding carboxylic acids is 1. The molecule has 1 amide bonds. The molecule has 0 radical (unpaired) electrons. The zero-order valence-corrected chi connectivity index (χ0v) is 19.6. The van der Waals surface area contributed by atoms with E-state index in [2.05, 4.69) is 15.6 Å². The number of nitrogens with one attached hydrogen (secondary N) is 3. The average Bonchev–Trinajstić information content (AvgIpc) is 2.72. The predicted molar refractivity (Wildman–Crippen MR) is 123 cm³/mol. The van der Waals surface area contributed by atoms with Crippen molar-refractivity contribution in [3.8, 4) is 0 Å². The fraction of sp³-hybridized carbons (Fsp3) is 0.364. The minimum atomic E-state index is -4.72. The summed E-state index contributed by atoms with van der Waals surface area (Å²) in [4.78, 5) is 15.8. The van der Waals surface area contributed by atoms with Gasteiger partial charge in [0.2, 0.25) is 15.9 Å². The second-order valence-corrected chi connectivity index (χ2v) is 9.32. The molecule has 0 aliphatic heterocycles. The zero-order chi connectivity index (χ0) is 25.5. The smallest absolute Gasteiger partial charge is 0.384 e. The number of hydrogen-bond acceptors (Lipinski definition) is 5. The van der Waals surface area contributed by atoms with E-state index in [1.807, 2.05) is 11.6 Å². The number of sulfonamides is 1. The fourth-order valence-electron chi connectivity index (χ4n) is 3.01. The van der Waals surface area contributed by atoms with E-state index in [0.717, 1.165) is 43.5 Å². The van der Waals surface area contributed by atoms with Gasteiger partial charge in [0, 0.05) is 30.1 Å². The number of pyridine rings is 1. The van der Waals surface area contributed by atoms with Crippen molar-refractivity contribution in [1.82, 2.24) is 10.3 Å². The van der Waals surface area contributed by atoms with Crippen LogP contribution in [0.15, 0.2) is 36.5 Å². The molecular weight excluding hydrogens is 476 g/mol. The largest absolute Gasteiger partial charge is 0.434 e. The van der Waals surface area contributed by atoms with Crippen LogP contribution in [0.3, 0.4) is 0 Å². The van der Waals surface area contributed by atoms with Gasteiger partial charge in [-0.05, 0) is 43.2 Å². The van der Waals surface area contributed by atoms with E-state index in [4.69, 9.17) is 0 Å². The Morgan fingerprint density at radius 3 is 2.50 bits per heavy atom. The van der Waals surface area contributed by atoms with E-state index < -0.39 is 39.7 Å².